The molecule has 27 heavy (non-hydrogen) atoms. The average molecular weight is 407 g/mol. The van der Waals surface area contributed by atoms with E-state index in [1.807, 2.05) is 5.32 Å². The third kappa shape index (κ3) is 2.92. The second kappa shape index (κ2) is 7.00. The lowest BCUT2D eigenvalue weighted by molar-refractivity contribution is 0.0614. The van der Waals surface area contributed by atoms with Crippen molar-refractivity contribution in [3.8, 4) is 0 Å². The van der Waals surface area contributed by atoms with E-state index in [0.717, 1.165) is 7.05 Å². The molecule has 0 bridgehead atoms. The zero-order valence-electron chi connectivity index (χ0n) is 12.9. The molecule has 0 aliphatic carbocycles. The number of hydrogen-bond acceptors (Lipinski definition) is 2. The number of halogens is 10. The van der Waals surface area contributed by atoms with Gasteiger partial charge in [0.15, 0.2) is 46.5 Å². The molecule has 0 spiro atoms. The minimum absolute atomic E-state index is 0.906. The molecule has 0 amide bonds. The third-order valence-electron chi connectivity index (χ3n) is 3.68. The Hall–Kier alpha value is -2.34. The molecule has 0 atom stereocenters. The van der Waals surface area contributed by atoms with Gasteiger partial charge in [0.2, 0.25) is 11.6 Å². The predicted molar refractivity (Wildman–Crippen MR) is 69.4 cm³/mol. The third-order valence-corrected chi connectivity index (χ3v) is 3.68. The maximum Gasteiger partial charge on any atom is 0.200 e. The summed E-state index contributed by atoms with van der Waals surface area (Å²) in [5.74, 6) is -26.5. The summed E-state index contributed by atoms with van der Waals surface area (Å²) in [6.07, 6.45) is 0. The fourth-order valence-corrected chi connectivity index (χ4v) is 2.49. The maximum atomic E-state index is 14.0. The fourth-order valence-electron chi connectivity index (χ4n) is 2.49. The summed E-state index contributed by atoms with van der Waals surface area (Å²) in [6, 6.07) is 0. The number of benzene rings is 2. The van der Waals surface area contributed by atoms with Crippen molar-refractivity contribution >= 4 is 0 Å². The second-order valence-electron chi connectivity index (χ2n) is 5.28. The molecule has 0 aliphatic rings. The molecule has 2 aromatic rings. The molecule has 0 saturated heterocycles. The van der Waals surface area contributed by atoms with E-state index in [-0.39, 0.29) is 0 Å². The molecule has 2 aromatic carbocycles. The first-order valence-electron chi connectivity index (χ1n) is 6.82. The molecular formula is C15H7F10NO. The molecule has 2 N–H and O–H groups in total. The van der Waals surface area contributed by atoms with Crippen molar-refractivity contribution < 1.29 is 49.0 Å². The van der Waals surface area contributed by atoms with Gasteiger partial charge in [-0.15, -0.1) is 0 Å². The molecule has 2 nitrogen and oxygen atoms in total. The van der Waals surface area contributed by atoms with Gasteiger partial charge in [0.1, 0.15) is 5.60 Å². The second-order valence-corrected chi connectivity index (χ2v) is 5.28. The van der Waals surface area contributed by atoms with Crippen LogP contribution in [0.15, 0.2) is 0 Å². The highest BCUT2D eigenvalue weighted by Gasteiger charge is 2.46. The Bertz CT molecular complexity index is 802. The van der Waals surface area contributed by atoms with Crippen LogP contribution >= 0.6 is 0 Å². The van der Waals surface area contributed by atoms with Crippen molar-refractivity contribution in [2.45, 2.75) is 5.60 Å². The molecule has 0 fully saturated rings. The van der Waals surface area contributed by atoms with Gasteiger partial charge < -0.3 is 10.4 Å². The minimum atomic E-state index is -3.86. The van der Waals surface area contributed by atoms with Crippen molar-refractivity contribution in [1.29, 1.82) is 0 Å². The molecule has 0 aromatic heterocycles. The summed E-state index contributed by atoms with van der Waals surface area (Å²) in [5, 5.41) is 12.4. The molecule has 0 radical (unpaired) electrons. The van der Waals surface area contributed by atoms with Gasteiger partial charge >= 0.3 is 0 Å². The van der Waals surface area contributed by atoms with Crippen LogP contribution in [0, 0.1) is 58.2 Å². The maximum absolute atomic E-state index is 14.0. The summed E-state index contributed by atoms with van der Waals surface area (Å²) in [5.41, 5.74) is -8.25. The molecule has 0 heterocycles. The molecule has 0 aliphatic heterocycles. The van der Waals surface area contributed by atoms with Crippen LogP contribution in [0.25, 0.3) is 0 Å². The molecule has 12 heteroatoms. The highest BCUT2D eigenvalue weighted by atomic mass is 19.2. The smallest absolute Gasteiger partial charge is 0.200 e. The molecule has 2 rings (SSSR count). The van der Waals surface area contributed by atoms with E-state index in [0.29, 0.717) is 0 Å². The van der Waals surface area contributed by atoms with E-state index >= 15 is 0 Å². The van der Waals surface area contributed by atoms with E-state index in [1.54, 1.807) is 0 Å². The van der Waals surface area contributed by atoms with E-state index in [2.05, 4.69) is 0 Å². The van der Waals surface area contributed by atoms with Crippen molar-refractivity contribution in [3.05, 3.63) is 69.3 Å². The van der Waals surface area contributed by atoms with Crippen LogP contribution < -0.4 is 5.32 Å². The number of nitrogens with one attached hydrogen (secondary N) is 1. The normalized spacial score (nSPS) is 12.0. The topological polar surface area (TPSA) is 32.3 Å². The van der Waals surface area contributed by atoms with Gasteiger partial charge in [-0.3, -0.25) is 0 Å². The van der Waals surface area contributed by atoms with Crippen LogP contribution in [0.3, 0.4) is 0 Å². The van der Waals surface area contributed by atoms with Crippen LogP contribution in [-0.2, 0) is 5.60 Å². The summed E-state index contributed by atoms with van der Waals surface area (Å²) < 4.78 is 136. The SMILES string of the molecule is CNCC(O)(c1c(F)c(F)c(F)c(F)c1F)c1c(F)c(F)c(F)c(F)c1F. The average Bonchev–Trinajstić information content (AvgIpc) is 2.62. The monoisotopic (exact) mass is 407 g/mol. The van der Waals surface area contributed by atoms with E-state index in [1.165, 1.54) is 0 Å². The number of rotatable bonds is 4. The summed E-state index contributed by atoms with van der Waals surface area (Å²) in [6.45, 7) is -1.39. The Labute approximate surface area is 144 Å². The van der Waals surface area contributed by atoms with Crippen molar-refractivity contribution in [2.75, 3.05) is 13.6 Å². The number of likely N-dealkylation sites (N-methyl/N-ethyl adjacent to an activating group) is 1. The van der Waals surface area contributed by atoms with Gasteiger partial charge in [-0.2, -0.15) is 0 Å². The van der Waals surface area contributed by atoms with Crippen LogP contribution in [-0.4, -0.2) is 18.7 Å². The summed E-state index contributed by atoms with van der Waals surface area (Å²) in [7, 11) is 0.906. The van der Waals surface area contributed by atoms with Gasteiger partial charge in [-0.1, -0.05) is 0 Å². The lowest BCUT2D eigenvalue weighted by Gasteiger charge is -2.31. The Kier molecular flexibility index (Phi) is 5.44. The zero-order chi connectivity index (χ0) is 20.8. The predicted octanol–water partition coefficient (Wildman–Crippen LogP) is 3.53. The molecule has 0 unspecified atom stereocenters. The molecular weight excluding hydrogens is 400 g/mol. The van der Waals surface area contributed by atoms with Crippen LogP contribution in [0.2, 0.25) is 0 Å². The van der Waals surface area contributed by atoms with Gasteiger partial charge in [-0.05, 0) is 7.05 Å². The molecule has 0 saturated carbocycles. The fraction of sp³-hybridized carbons (Fsp3) is 0.200. The quantitative estimate of drug-likeness (QED) is 0.462. The van der Waals surface area contributed by atoms with Crippen molar-refractivity contribution in [1.82, 2.24) is 5.32 Å². The van der Waals surface area contributed by atoms with Crippen LogP contribution in [0.4, 0.5) is 43.9 Å². The summed E-state index contributed by atoms with van der Waals surface area (Å²) >= 11 is 0. The highest BCUT2D eigenvalue weighted by molar-refractivity contribution is 5.42. The lowest BCUT2D eigenvalue weighted by atomic mass is 9.84. The van der Waals surface area contributed by atoms with Gasteiger partial charge in [0.25, 0.3) is 0 Å². The first-order valence-corrected chi connectivity index (χ1v) is 6.82. The van der Waals surface area contributed by atoms with Crippen molar-refractivity contribution in [2.24, 2.45) is 0 Å². The largest absolute Gasteiger partial charge is 0.379 e. The molecule has 148 valence electrons. The van der Waals surface area contributed by atoms with Crippen LogP contribution in [0.1, 0.15) is 11.1 Å². The first-order chi connectivity index (χ1) is 12.4. The Balaban J connectivity index is 3.04. The van der Waals surface area contributed by atoms with E-state index < -0.39 is 81.4 Å². The van der Waals surface area contributed by atoms with Gasteiger partial charge in [0.05, 0.1) is 11.1 Å². The Morgan fingerprint density at radius 2 is 0.778 bits per heavy atom. The zero-order valence-corrected chi connectivity index (χ0v) is 12.9. The van der Waals surface area contributed by atoms with E-state index in [9.17, 15) is 49.0 Å². The van der Waals surface area contributed by atoms with Crippen molar-refractivity contribution in [3.63, 3.8) is 0 Å². The minimum Gasteiger partial charge on any atom is -0.379 e. The summed E-state index contributed by atoms with van der Waals surface area (Å²) in [4.78, 5) is 0. The standard InChI is InChI=1S/C15H7F10NO/c1-26-2-15(27,3-5(16)9(20)13(24)10(21)6(3)17)4-7(18)11(22)14(25)12(23)8(4)19/h26-27H,2H2,1H3. The Morgan fingerprint density at radius 1 is 0.556 bits per heavy atom. The van der Waals surface area contributed by atoms with Crippen LogP contribution in [0.5, 0.6) is 0 Å². The Morgan fingerprint density at radius 3 is 1.00 bits per heavy atom. The lowest BCUT2D eigenvalue weighted by Crippen LogP contribution is -2.42. The van der Waals surface area contributed by atoms with E-state index in [4.69, 9.17) is 0 Å². The van der Waals surface area contributed by atoms with Gasteiger partial charge in [0, 0.05) is 6.54 Å². The highest BCUT2D eigenvalue weighted by Crippen LogP contribution is 2.40. The first kappa shape index (κ1) is 21.0. The number of aliphatic hydroxyl groups is 1. The number of hydrogen-bond donors (Lipinski definition) is 2. The van der Waals surface area contributed by atoms with Gasteiger partial charge in [-0.25, -0.2) is 43.9 Å².